The molecule has 0 atom stereocenters. The van der Waals surface area contributed by atoms with Crippen LogP contribution in [-0.4, -0.2) is 53.4 Å². The first-order chi connectivity index (χ1) is 6.39. The van der Waals surface area contributed by atoms with Gasteiger partial charge in [0.1, 0.15) is 0 Å². The monoisotopic (exact) mass is 263 g/mol. The van der Waals surface area contributed by atoms with Crippen molar-refractivity contribution >= 4 is 21.8 Å². The topological polar surface area (TPSA) is 35.6 Å². The number of alkyl halides is 1. The molecule has 5 heteroatoms. The molecule has 1 N–H and O–H groups in total. The fourth-order valence-corrected chi connectivity index (χ4v) is 1.28. The van der Waals surface area contributed by atoms with E-state index in [4.69, 9.17) is 0 Å². The molecule has 0 spiro atoms. The predicted octanol–water partition coefficient (Wildman–Crippen LogP) is 0.438. The molecule has 4 nitrogen and oxygen atoms in total. The van der Waals surface area contributed by atoms with Gasteiger partial charge in [0.25, 0.3) is 5.91 Å². The number of hydrogen-bond acceptors (Lipinski definition) is 3. The van der Waals surface area contributed by atoms with E-state index in [0.717, 1.165) is 26.2 Å². The number of piperazine rings is 1. The van der Waals surface area contributed by atoms with Crippen molar-refractivity contribution in [1.29, 1.82) is 0 Å². The molecule has 0 aromatic carbocycles. The van der Waals surface area contributed by atoms with Gasteiger partial charge in [0, 0.05) is 26.2 Å². The summed E-state index contributed by atoms with van der Waals surface area (Å²) in [5, 5.41) is 1.98. The number of halogens is 1. The Bertz CT molecular complexity index is 207. The minimum Gasteiger partial charge on any atom is -0.304 e. The lowest BCUT2D eigenvalue weighted by molar-refractivity contribution is -0.128. The highest BCUT2D eigenvalue weighted by Crippen LogP contribution is 2.15. The number of hydrogen-bond donors (Lipinski definition) is 1. The van der Waals surface area contributed by atoms with Crippen LogP contribution < -0.4 is 5.43 Å². The van der Waals surface area contributed by atoms with E-state index in [1.807, 2.05) is 18.9 Å². The van der Waals surface area contributed by atoms with E-state index >= 15 is 0 Å². The highest BCUT2D eigenvalue weighted by Gasteiger charge is 2.26. The molecule has 0 aromatic rings. The van der Waals surface area contributed by atoms with Crippen LogP contribution in [0.2, 0.25) is 0 Å². The molecule has 82 valence electrons. The van der Waals surface area contributed by atoms with E-state index in [2.05, 4.69) is 33.3 Å². The van der Waals surface area contributed by atoms with Crippen LogP contribution in [0, 0.1) is 0 Å². The van der Waals surface area contributed by atoms with Gasteiger partial charge in [-0.3, -0.25) is 10.2 Å². The number of carbonyl (C=O) groups excluding carboxylic acids is 1. The summed E-state index contributed by atoms with van der Waals surface area (Å²) >= 11 is 3.33. The van der Waals surface area contributed by atoms with Crippen molar-refractivity contribution in [3.05, 3.63) is 0 Å². The zero-order valence-corrected chi connectivity index (χ0v) is 10.6. The van der Waals surface area contributed by atoms with E-state index in [9.17, 15) is 4.79 Å². The molecular weight excluding hydrogens is 246 g/mol. The molecule has 1 fully saturated rings. The van der Waals surface area contributed by atoms with Gasteiger partial charge in [-0.15, -0.1) is 0 Å². The molecule has 1 amide bonds. The Morgan fingerprint density at radius 2 is 1.79 bits per heavy atom. The molecule has 1 heterocycles. The molecule has 1 rings (SSSR count). The third-order valence-electron chi connectivity index (χ3n) is 2.30. The Balaban J connectivity index is 2.35. The van der Waals surface area contributed by atoms with Gasteiger partial charge in [0.05, 0.1) is 4.32 Å². The van der Waals surface area contributed by atoms with Gasteiger partial charge in [-0.1, -0.05) is 15.9 Å². The van der Waals surface area contributed by atoms with Crippen LogP contribution in [0.15, 0.2) is 0 Å². The smallest absolute Gasteiger partial charge is 0.250 e. The van der Waals surface area contributed by atoms with Gasteiger partial charge < -0.3 is 4.90 Å². The van der Waals surface area contributed by atoms with Gasteiger partial charge in [0.15, 0.2) is 0 Å². The quantitative estimate of drug-likeness (QED) is 0.735. The third kappa shape index (κ3) is 3.55. The minimum atomic E-state index is -0.490. The molecule has 1 saturated heterocycles. The summed E-state index contributed by atoms with van der Waals surface area (Å²) in [7, 11) is 2.09. The number of amides is 1. The van der Waals surface area contributed by atoms with Crippen molar-refractivity contribution in [3.63, 3.8) is 0 Å². The SMILES string of the molecule is CN1CCN(NC(=O)C(C)(C)Br)CC1. The van der Waals surface area contributed by atoms with Crippen LogP contribution in [-0.2, 0) is 4.79 Å². The lowest BCUT2D eigenvalue weighted by Crippen LogP contribution is -2.55. The second-order valence-electron chi connectivity index (χ2n) is 4.20. The van der Waals surface area contributed by atoms with Gasteiger partial charge in [-0.2, -0.15) is 0 Å². The highest BCUT2D eigenvalue weighted by molar-refractivity contribution is 9.10. The summed E-state index contributed by atoms with van der Waals surface area (Å²) in [5.41, 5.74) is 2.90. The van der Waals surface area contributed by atoms with E-state index in [1.165, 1.54) is 0 Å². The van der Waals surface area contributed by atoms with Crippen LogP contribution >= 0.6 is 15.9 Å². The highest BCUT2D eigenvalue weighted by atomic mass is 79.9. The zero-order chi connectivity index (χ0) is 10.8. The van der Waals surface area contributed by atoms with E-state index in [1.54, 1.807) is 0 Å². The summed E-state index contributed by atoms with van der Waals surface area (Å²) in [6, 6.07) is 0. The third-order valence-corrected chi connectivity index (χ3v) is 2.66. The Labute approximate surface area is 93.7 Å². The van der Waals surface area contributed by atoms with E-state index in [0.29, 0.717) is 0 Å². The maximum absolute atomic E-state index is 11.6. The summed E-state index contributed by atoms with van der Waals surface area (Å²) < 4.78 is -0.490. The van der Waals surface area contributed by atoms with E-state index in [-0.39, 0.29) is 5.91 Å². The van der Waals surface area contributed by atoms with Crippen molar-refractivity contribution in [2.75, 3.05) is 33.2 Å². The standard InChI is InChI=1S/C9H18BrN3O/c1-9(2,10)8(14)11-13-6-4-12(3)5-7-13/h4-7H2,1-3H3,(H,11,14). The lowest BCUT2D eigenvalue weighted by Gasteiger charge is -2.33. The number of nitrogens with zero attached hydrogens (tertiary/aromatic N) is 2. The molecule has 0 saturated carbocycles. The maximum atomic E-state index is 11.6. The number of hydrazine groups is 1. The largest absolute Gasteiger partial charge is 0.304 e. The Kier molecular flexibility index (Phi) is 3.92. The van der Waals surface area contributed by atoms with Gasteiger partial charge in [0.2, 0.25) is 0 Å². The van der Waals surface area contributed by atoms with Gasteiger partial charge in [-0.25, -0.2) is 5.01 Å². The first-order valence-electron chi connectivity index (χ1n) is 4.83. The molecule has 14 heavy (non-hydrogen) atoms. The zero-order valence-electron chi connectivity index (χ0n) is 9.01. The van der Waals surface area contributed by atoms with Crippen LogP contribution in [0.4, 0.5) is 0 Å². The fourth-order valence-electron chi connectivity index (χ4n) is 1.19. The van der Waals surface area contributed by atoms with Crippen LogP contribution in [0.25, 0.3) is 0 Å². The van der Waals surface area contributed by atoms with Crippen molar-refractivity contribution in [2.24, 2.45) is 0 Å². The second-order valence-corrected chi connectivity index (χ2v) is 6.19. The number of nitrogens with one attached hydrogen (secondary N) is 1. The molecule has 0 bridgehead atoms. The summed E-state index contributed by atoms with van der Waals surface area (Å²) in [4.78, 5) is 13.9. The molecule has 0 radical (unpaired) electrons. The average Bonchev–Trinajstić information content (AvgIpc) is 2.07. The van der Waals surface area contributed by atoms with Crippen molar-refractivity contribution in [2.45, 2.75) is 18.2 Å². The van der Waals surface area contributed by atoms with Crippen LogP contribution in [0.5, 0.6) is 0 Å². The van der Waals surface area contributed by atoms with Gasteiger partial charge in [-0.05, 0) is 20.9 Å². The Hall–Kier alpha value is -0.130. The fraction of sp³-hybridized carbons (Fsp3) is 0.889. The lowest BCUT2D eigenvalue weighted by atomic mass is 10.2. The maximum Gasteiger partial charge on any atom is 0.250 e. The van der Waals surface area contributed by atoms with Crippen LogP contribution in [0.1, 0.15) is 13.8 Å². The average molecular weight is 264 g/mol. The Morgan fingerprint density at radius 1 is 1.29 bits per heavy atom. The molecule has 0 aromatic heterocycles. The molecule has 0 unspecified atom stereocenters. The van der Waals surface area contributed by atoms with Crippen molar-refractivity contribution in [3.8, 4) is 0 Å². The normalized spacial score (nSPS) is 20.9. The summed E-state index contributed by atoms with van der Waals surface area (Å²) in [6.07, 6.45) is 0. The molecule has 1 aliphatic heterocycles. The molecular formula is C9H18BrN3O. The molecule has 1 aliphatic rings. The summed E-state index contributed by atoms with van der Waals surface area (Å²) in [5.74, 6) is 0.0158. The number of likely N-dealkylation sites (N-methyl/N-ethyl adjacent to an activating group) is 1. The Morgan fingerprint density at radius 3 is 2.21 bits per heavy atom. The molecule has 0 aliphatic carbocycles. The van der Waals surface area contributed by atoms with Crippen molar-refractivity contribution < 1.29 is 4.79 Å². The minimum absolute atomic E-state index is 0.0158. The first-order valence-corrected chi connectivity index (χ1v) is 5.62. The van der Waals surface area contributed by atoms with Gasteiger partial charge >= 0.3 is 0 Å². The predicted molar refractivity (Wildman–Crippen MR) is 60.2 cm³/mol. The second kappa shape index (κ2) is 4.59. The first kappa shape index (κ1) is 11.9. The number of rotatable bonds is 2. The van der Waals surface area contributed by atoms with Crippen molar-refractivity contribution in [1.82, 2.24) is 15.3 Å². The summed E-state index contributed by atoms with van der Waals surface area (Å²) in [6.45, 7) is 7.49. The number of carbonyl (C=O) groups is 1. The van der Waals surface area contributed by atoms with Crippen LogP contribution in [0.3, 0.4) is 0 Å². The van der Waals surface area contributed by atoms with E-state index < -0.39 is 4.32 Å².